The first-order valence-corrected chi connectivity index (χ1v) is 8.88. The van der Waals surface area contributed by atoms with Gasteiger partial charge in [0.2, 0.25) is 5.56 Å². The van der Waals surface area contributed by atoms with Crippen molar-refractivity contribution in [3.8, 4) is 0 Å². The third-order valence-corrected chi connectivity index (χ3v) is 4.41. The summed E-state index contributed by atoms with van der Waals surface area (Å²) in [4.78, 5) is 30.7. The van der Waals surface area contributed by atoms with Gasteiger partial charge in [-0.3, -0.25) is 9.59 Å². The van der Waals surface area contributed by atoms with Crippen molar-refractivity contribution in [3.05, 3.63) is 93.9 Å². The Morgan fingerprint density at radius 1 is 0.893 bits per heavy atom. The van der Waals surface area contributed by atoms with Gasteiger partial charge in [-0.1, -0.05) is 11.6 Å². The molecule has 0 aliphatic heterocycles. The Bertz CT molecular complexity index is 1200. The van der Waals surface area contributed by atoms with E-state index in [0.717, 1.165) is 16.8 Å². The summed E-state index contributed by atoms with van der Waals surface area (Å²) in [6.45, 7) is 0. The van der Waals surface area contributed by atoms with Gasteiger partial charge >= 0.3 is 0 Å². The molecule has 138 valence electrons. The van der Waals surface area contributed by atoms with Crippen molar-refractivity contribution in [1.82, 2.24) is 9.97 Å². The molecule has 7 heteroatoms. The lowest BCUT2D eigenvalue weighted by molar-refractivity contribution is 0.102. The van der Waals surface area contributed by atoms with Crippen LogP contribution in [0, 0.1) is 0 Å². The molecule has 0 fully saturated rings. The number of anilines is 3. The highest BCUT2D eigenvalue weighted by Gasteiger charge is 2.07. The number of carbonyl (C=O) groups excluding carboxylic acids is 1. The van der Waals surface area contributed by atoms with E-state index in [1.54, 1.807) is 48.7 Å². The smallest absolute Gasteiger partial charge is 0.255 e. The number of fused-ring (bicyclic) bond motifs is 1. The lowest BCUT2D eigenvalue weighted by atomic mass is 10.1. The molecule has 0 spiro atoms. The Labute approximate surface area is 165 Å². The summed E-state index contributed by atoms with van der Waals surface area (Å²) in [6, 6.07) is 19.0. The highest BCUT2D eigenvalue weighted by molar-refractivity contribution is 6.30. The molecule has 4 aromatic rings. The highest BCUT2D eigenvalue weighted by Crippen LogP contribution is 2.23. The van der Waals surface area contributed by atoms with Crippen LogP contribution in [0.4, 0.5) is 17.1 Å². The van der Waals surface area contributed by atoms with Gasteiger partial charge in [0.15, 0.2) is 0 Å². The Morgan fingerprint density at radius 2 is 1.61 bits per heavy atom. The predicted molar refractivity (Wildman–Crippen MR) is 111 cm³/mol. The Balaban J connectivity index is 1.51. The lowest BCUT2D eigenvalue weighted by Gasteiger charge is -2.10. The van der Waals surface area contributed by atoms with Crippen LogP contribution in [0.1, 0.15) is 10.4 Å². The molecule has 3 N–H and O–H groups in total. The summed E-state index contributed by atoms with van der Waals surface area (Å²) >= 11 is 5.85. The van der Waals surface area contributed by atoms with Gasteiger partial charge in [-0.15, -0.1) is 0 Å². The fourth-order valence-electron chi connectivity index (χ4n) is 2.76. The van der Waals surface area contributed by atoms with Crippen LogP contribution in [-0.4, -0.2) is 15.9 Å². The number of hydrogen-bond acceptors (Lipinski definition) is 4. The molecule has 4 rings (SSSR count). The van der Waals surface area contributed by atoms with E-state index in [1.807, 2.05) is 18.2 Å². The fourth-order valence-corrected chi connectivity index (χ4v) is 2.89. The number of halogens is 1. The van der Waals surface area contributed by atoms with Gasteiger partial charge in [0.05, 0.1) is 5.69 Å². The maximum atomic E-state index is 12.4. The number of aromatic nitrogens is 2. The molecule has 2 heterocycles. The Kier molecular flexibility index (Phi) is 4.78. The second kappa shape index (κ2) is 7.54. The standard InChI is InChI=1S/C21H15ClN4O2/c22-14-3-7-16(8-4-14)25-21(28)13-1-5-15(6-2-13)24-18-11-12-23-20-17(18)9-10-19(27)26-20/h1-12H,(H,25,28)(H2,23,24,26,27). The Morgan fingerprint density at radius 3 is 2.36 bits per heavy atom. The monoisotopic (exact) mass is 390 g/mol. The van der Waals surface area contributed by atoms with Crippen molar-refractivity contribution in [2.24, 2.45) is 0 Å². The summed E-state index contributed by atoms with van der Waals surface area (Å²) in [5.74, 6) is -0.208. The fraction of sp³-hybridized carbons (Fsp3) is 0. The van der Waals surface area contributed by atoms with Gasteiger partial charge < -0.3 is 15.6 Å². The number of carbonyl (C=O) groups is 1. The molecule has 2 aromatic carbocycles. The Hall–Kier alpha value is -3.64. The molecule has 0 unspecified atom stereocenters. The molecular formula is C21H15ClN4O2. The van der Waals surface area contributed by atoms with Gasteiger partial charge in [0, 0.05) is 39.6 Å². The van der Waals surface area contributed by atoms with E-state index in [2.05, 4.69) is 20.6 Å². The van der Waals surface area contributed by atoms with Crippen LogP contribution in [0.3, 0.4) is 0 Å². The van der Waals surface area contributed by atoms with Crippen LogP contribution >= 0.6 is 11.6 Å². The second-order valence-electron chi connectivity index (χ2n) is 6.11. The number of nitrogens with one attached hydrogen (secondary N) is 3. The summed E-state index contributed by atoms with van der Waals surface area (Å²) < 4.78 is 0. The van der Waals surface area contributed by atoms with Crippen LogP contribution in [-0.2, 0) is 0 Å². The molecular weight excluding hydrogens is 376 g/mol. The third-order valence-electron chi connectivity index (χ3n) is 4.16. The molecule has 0 saturated heterocycles. The lowest BCUT2D eigenvalue weighted by Crippen LogP contribution is -2.11. The summed E-state index contributed by atoms with van der Waals surface area (Å²) in [5, 5.41) is 7.51. The first kappa shape index (κ1) is 17.8. The predicted octanol–water partition coefficient (Wildman–Crippen LogP) is 4.57. The van der Waals surface area contributed by atoms with Gasteiger partial charge in [0.1, 0.15) is 5.65 Å². The molecule has 6 nitrogen and oxygen atoms in total. The average molecular weight is 391 g/mol. The number of rotatable bonds is 4. The van der Waals surface area contributed by atoms with Crippen LogP contribution < -0.4 is 16.2 Å². The topological polar surface area (TPSA) is 86.9 Å². The summed E-state index contributed by atoms with van der Waals surface area (Å²) in [7, 11) is 0. The van der Waals surface area contributed by atoms with Gasteiger partial charge in [-0.2, -0.15) is 0 Å². The van der Waals surface area contributed by atoms with E-state index in [1.165, 1.54) is 6.07 Å². The summed E-state index contributed by atoms with van der Waals surface area (Å²) in [6.07, 6.45) is 1.62. The minimum Gasteiger partial charge on any atom is -0.355 e. The highest BCUT2D eigenvalue weighted by atomic mass is 35.5. The van der Waals surface area contributed by atoms with E-state index >= 15 is 0 Å². The number of aromatic amines is 1. The molecule has 1 amide bonds. The van der Waals surface area contributed by atoms with Gasteiger partial charge in [-0.05, 0) is 60.7 Å². The van der Waals surface area contributed by atoms with Crippen molar-refractivity contribution >= 4 is 45.6 Å². The molecule has 0 saturated carbocycles. The van der Waals surface area contributed by atoms with Crippen LogP contribution in [0.5, 0.6) is 0 Å². The number of H-pyrrole nitrogens is 1. The molecule has 0 aliphatic rings. The molecule has 28 heavy (non-hydrogen) atoms. The maximum absolute atomic E-state index is 12.4. The number of benzene rings is 2. The molecule has 0 bridgehead atoms. The van der Waals surface area contributed by atoms with E-state index in [4.69, 9.17) is 11.6 Å². The van der Waals surface area contributed by atoms with Crippen molar-refractivity contribution in [2.75, 3.05) is 10.6 Å². The first-order valence-electron chi connectivity index (χ1n) is 8.50. The van der Waals surface area contributed by atoms with E-state index < -0.39 is 0 Å². The third kappa shape index (κ3) is 3.87. The second-order valence-corrected chi connectivity index (χ2v) is 6.54. The SMILES string of the molecule is O=C(Nc1ccc(Cl)cc1)c1ccc(Nc2ccnc3[nH]c(=O)ccc23)cc1. The molecule has 0 aliphatic carbocycles. The zero-order valence-corrected chi connectivity index (χ0v) is 15.3. The average Bonchev–Trinajstić information content (AvgIpc) is 2.70. The van der Waals surface area contributed by atoms with Crippen molar-refractivity contribution in [3.63, 3.8) is 0 Å². The van der Waals surface area contributed by atoms with Gasteiger partial charge in [-0.25, -0.2) is 4.98 Å². The van der Waals surface area contributed by atoms with Gasteiger partial charge in [0.25, 0.3) is 5.91 Å². The minimum absolute atomic E-state index is 0.201. The quantitative estimate of drug-likeness (QED) is 0.476. The zero-order chi connectivity index (χ0) is 19.5. The normalized spacial score (nSPS) is 10.6. The zero-order valence-electron chi connectivity index (χ0n) is 14.6. The van der Waals surface area contributed by atoms with Crippen molar-refractivity contribution in [1.29, 1.82) is 0 Å². The van der Waals surface area contributed by atoms with E-state index in [9.17, 15) is 9.59 Å². The van der Waals surface area contributed by atoms with Crippen molar-refractivity contribution in [2.45, 2.75) is 0 Å². The molecule has 0 radical (unpaired) electrons. The van der Waals surface area contributed by atoms with Crippen LogP contribution in [0.2, 0.25) is 5.02 Å². The largest absolute Gasteiger partial charge is 0.355 e. The maximum Gasteiger partial charge on any atom is 0.255 e. The first-order chi connectivity index (χ1) is 13.6. The summed E-state index contributed by atoms with van der Waals surface area (Å²) in [5.41, 5.74) is 3.13. The van der Waals surface area contributed by atoms with E-state index in [0.29, 0.717) is 21.9 Å². The molecule has 2 aromatic heterocycles. The van der Waals surface area contributed by atoms with Crippen molar-refractivity contribution < 1.29 is 4.79 Å². The number of hydrogen-bond donors (Lipinski definition) is 3. The van der Waals surface area contributed by atoms with E-state index in [-0.39, 0.29) is 11.5 Å². The van der Waals surface area contributed by atoms with Crippen LogP contribution in [0.25, 0.3) is 11.0 Å². The minimum atomic E-state index is -0.208. The number of nitrogens with zero attached hydrogens (tertiary/aromatic N) is 1. The number of pyridine rings is 2. The number of amides is 1. The van der Waals surface area contributed by atoms with Crippen LogP contribution in [0.15, 0.2) is 77.7 Å². The molecule has 0 atom stereocenters.